The number of amides is 1. The molecule has 1 aromatic heterocycles. The Morgan fingerprint density at radius 1 is 1.50 bits per heavy atom. The van der Waals surface area contributed by atoms with Crippen LogP contribution in [0.5, 0.6) is 0 Å². The van der Waals surface area contributed by atoms with Gasteiger partial charge < -0.3 is 10.2 Å². The van der Waals surface area contributed by atoms with Gasteiger partial charge in [-0.2, -0.15) is 0 Å². The van der Waals surface area contributed by atoms with E-state index in [0.717, 1.165) is 18.7 Å². The van der Waals surface area contributed by atoms with Crippen molar-refractivity contribution in [3.63, 3.8) is 0 Å². The summed E-state index contributed by atoms with van der Waals surface area (Å²) in [6, 6.07) is 6.43. The Morgan fingerprint density at radius 2 is 2.36 bits per heavy atom. The molecule has 0 radical (unpaired) electrons. The molecule has 1 N–H and O–H groups in total. The van der Waals surface area contributed by atoms with E-state index in [2.05, 4.69) is 15.6 Å². The molecule has 1 atom stereocenters. The number of nitrogens with one attached hydrogen (secondary N) is 1. The maximum Gasteiger partial charge on any atom is 0.276 e. The minimum atomic E-state index is -0.288. The predicted molar refractivity (Wildman–Crippen MR) is 78.9 cm³/mol. The van der Waals surface area contributed by atoms with Crippen LogP contribution in [0.2, 0.25) is 0 Å². The van der Waals surface area contributed by atoms with Crippen LogP contribution < -0.4 is 5.32 Å². The Bertz CT molecular complexity index is 671. The number of hydrogen-bond donors (Lipinski definition) is 1. The van der Waals surface area contributed by atoms with E-state index < -0.39 is 0 Å². The summed E-state index contributed by atoms with van der Waals surface area (Å²) in [7, 11) is 0. The molecule has 1 saturated heterocycles. The van der Waals surface area contributed by atoms with Gasteiger partial charge >= 0.3 is 0 Å². The number of aromatic nitrogens is 3. The van der Waals surface area contributed by atoms with Gasteiger partial charge in [0.25, 0.3) is 5.91 Å². The molecule has 0 saturated carbocycles. The highest BCUT2D eigenvalue weighted by Crippen LogP contribution is 2.10. The van der Waals surface area contributed by atoms with Crippen molar-refractivity contribution in [1.82, 2.24) is 25.2 Å². The van der Waals surface area contributed by atoms with Crippen LogP contribution in [0.1, 0.15) is 23.0 Å². The van der Waals surface area contributed by atoms with Crippen LogP contribution in [-0.2, 0) is 6.54 Å². The van der Waals surface area contributed by atoms with E-state index in [-0.39, 0.29) is 17.8 Å². The molecule has 1 unspecified atom stereocenters. The first-order valence-corrected chi connectivity index (χ1v) is 7.30. The lowest BCUT2D eigenvalue weighted by molar-refractivity contribution is 0.0649. The van der Waals surface area contributed by atoms with Crippen LogP contribution in [0.15, 0.2) is 30.5 Å². The fourth-order valence-electron chi connectivity index (χ4n) is 2.59. The molecule has 6 nitrogen and oxygen atoms in total. The Morgan fingerprint density at radius 3 is 3.14 bits per heavy atom. The minimum Gasteiger partial charge on any atom is -0.332 e. The second kappa shape index (κ2) is 6.23. The number of piperazine rings is 1. The van der Waals surface area contributed by atoms with Gasteiger partial charge in [-0.25, -0.2) is 9.07 Å². The molecule has 3 rings (SSSR count). The second-order valence-electron chi connectivity index (χ2n) is 5.48. The third-order valence-corrected chi connectivity index (χ3v) is 3.75. The summed E-state index contributed by atoms with van der Waals surface area (Å²) in [6.45, 7) is 4.61. The van der Waals surface area contributed by atoms with Gasteiger partial charge in [-0.3, -0.25) is 4.79 Å². The summed E-state index contributed by atoms with van der Waals surface area (Å²) in [5.74, 6) is -0.400. The fraction of sp³-hybridized carbons (Fsp3) is 0.400. The second-order valence-corrected chi connectivity index (χ2v) is 5.48. The molecular formula is C15H18FN5O. The van der Waals surface area contributed by atoms with Gasteiger partial charge in [-0.05, 0) is 24.6 Å². The average Bonchev–Trinajstić information content (AvgIpc) is 2.95. The van der Waals surface area contributed by atoms with Gasteiger partial charge in [0.2, 0.25) is 0 Å². The maximum atomic E-state index is 13.2. The molecule has 1 aliphatic rings. The molecule has 0 spiro atoms. The van der Waals surface area contributed by atoms with Crippen LogP contribution in [0.4, 0.5) is 4.39 Å². The number of halogens is 1. The standard InChI is InChI=1S/C15H18FN5O/c1-11-8-17-5-6-21(11)15(22)14-10-20(19-18-14)9-12-3-2-4-13(16)7-12/h2-4,7,10-11,17H,5-6,8-9H2,1H3. The highest BCUT2D eigenvalue weighted by Gasteiger charge is 2.25. The summed E-state index contributed by atoms with van der Waals surface area (Å²) in [6.07, 6.45) is 1.61. The zero-order valence-electron chi connectivity index (χ0n) is 12.4. The number of hydrogen-bond acceptors (Lipinski definition) is 4. The summed E-state index contributed by atoms with van der Waals surface area (Å²) >= 11 is 0. The number of carbonyl (C=O) groups excluding carboxylic acids is 1. The molecule has 0 bridgehead atoms. The van der Waals surface area contributed by atoms with Gasteiger partial charge in [-0.15, -0.1) is 5.10 Å². The number of rotatable bonds is 3. The molecule has 0 aliphatic carbocycles. The van der Waals surface area contributed by atoms with Gasteiger partial charge in [0.1, 0.15) is 5.82 Å². The lowest BCUT2D eigenvalue weighted by Crippen LogP contribution is -2.52. The molecule has 1 amide bonds. The van der Waals surface area contributed by atoms with Crippen molar-refractivity contribution >= 4 is 5.91 Å². The third-order valence-electron chi connectivity index (χ3n) is 3.75. The molecule has 2 heterocycles. The summed E-state index contributed by atoms with van der Waals surface area (Å²) < 4.78 is 14.7. The first-order chi connectivity index (χ1) is 10.6. The van der Waals surface area contributed by atoms with Crippen LogP contribution >= 0.6 is 0 Å². The molecule has 116 valence electrons. The van der Waals surface area contributed by atoms with Crippen molar-refractivity contribution in [2.75, 3.05) is 19.6 Å². The summed E-state index contributed by atoms with van der Waals surface area (Å²) in [4.78, 5) is 14.3. The number of nitrogens with zero attached hydrogens (tertiary/aromatic N) is 4. The minimum absolute atomic E-state index is 0.112. The lowest BCUT2D eigenvalue weighted by atomic mass is 10.2. The first kappa shape index (κ1) is 14.6. The van der Waals surface area contributed by atoms with Gasteiger partial charge in [-0.1, -0.05) is 17.3 Å². The largest absolute Gasteiger partial charge is 0.332 e. The van der Waals surface area contributed by atoms with E-state index >= 15 is 0 Å². The third kappa shape index (κ3) is 3.14. The van der Waals surface area contributed by atoms with E-state index in [4.69, 9.17) is 0 Å². The molecule has 2 aromatic rings. The molecule has 1 aliphatic heterocycles. The van der Waals surface area contributed by atoms with Crippen LogP contribution in [0.25, 0.3) is 0 Å². The monoisotopic (exact) mass is 303 g/mol. The lowest BCUT2D eigenvalue weighted by Gasteiger charge is -2.33. The Hall–Kier alpha value is -2.28. The smallest absolute Gasteiger partial charge is 0.276 e. The van der Waals surface area contributed by atoms with Crippen LogP contribution in [-0.4, -0.2) is 51.5 Å². The van der Waals surface area contributed by atoms with E-state index in [9.17, 15) is 9.18 Å². The molecule has 22 heavy (non-hydrogen) atoms. The first-order valence-electron chi connectivity index (χ1n) is 7.30. The average molecular weight is 303 g/mol. The zero-order valence-corrected chi connectivity index (χ0v) is 12.4. The van der Waals surface area contributed by atoms with Crippen molar-refractivity contribution in [1.29, 1.82) is 0 Å². The molecule has 1 fully saturated rings. The Labute approximate surface area is 127 Å². The van der Waals surface area contributed by atoms with Crippen molar-refractivity contribution < 1.29 is 9.18 Å². The van der Waals surface area contributed by atoms with Crippen molar-refractivity contribution in [2.24, 2.45) is 0 Å². The van der Waals surface area contributed by atoms with Crippen molar-refractivity contribution in [2.45, 2.75) is 19.5 Å². The highest BCUT2D eigenvalue weighted by atomic mass is 19.1. The summed E-state index contributed by atoms with van der Waals surface area (Å²) in [5.41, 5.74) is 1.10. The van der Waals surface area contributed by atoms with E-state index in [1.807, 2.05) is 13.0 Å². The van der Waals surface area contributed by atoms with Crippen LogP contribution in [0, 0.1) is 5.82 Å². The summed E-state index contributed by atoms with van der Waals surface area (Å²) in [5, 5.41) is 11.2. The number of benzene rings is 1. The maximum absolute atomic E-state index is 13.2. The molecular weight excluding hydrogens is 285 g/mol. The van der Waals surface area contributed by atoms with Gasteiger partial charge in [0.15, 0.2) is 5.69 Å². The Balaban J connectivity index is 1.71. The molecule has 7 heteroatoms. The van der Waals surface area contributed by atoms with Gasteiger partial charge in [0, 0.05) is 25.7 Å². The normalized spacial score (nSPS) is 18.5. The van der Waals surface area contributed by atoms with E-state index in [0.29, 0.717) is 18.8 Å². The van der Waals surface area contributed by atoms with Crippen molar-refractivity contribution in [3.8, 4) is 0 Å². The Kier molecular flexibility index (Phi) is 4.15. The van der Waals surface area contributed by atoms with Crippen molar-refractivity contribution in [3.05, 3.63) is 47.5 Å². The van der Waals surface area contributed by atoms with E-state index in [1.165, 1.54) is 12.1 Å². The quantitative estimate of drug-likeness (QED) is 0.915. The predicted octanol–water partition coefficient (Wildman–Crippen LogP) is 0.899. The van der Waals surface area contributed by atoms with Crippen LogP contribution in [0.3, 0.4) is 0 Å². The van der Waals surface area contributed by atoms with E-state index in [1.54, 1.807) is 21.8 Å². The topological polar surface area (TPSA) is 63.1 Å². The fourth-order valence-corrected chi connectivity index (χ4v) is 2.59. The molecule has 1 aromatic carbocycles. The highest BCUT2D eigenvalue weighted by molar-refractivity contribution is 5.92. The SMILES string of the molecule is CC1CNCCN1C(=O)c1cn(Cc2cccc(F)c2)nn1. The van der Waals surface area contributed by atoms with Gasteiger partial charge in [0.05, 0.1) is 12.7 Å². The zero-order chi connectivity index (χ0) is 15.5. The number of carbonyl (C=O) groups is 1.